The van der Waals surface area contributed by atoms with Crippen LogP contribution in [0.1, 0.15) is 43.9 Å². The first-order valence-corrected chi connectivity index (χ1v) is 7.88. The second-order valence-electron chi connectivity index (χ2n) is 6.04. The number of aliphatic hydroxyl groups excluding tert-OH is 1. The van der Waals surface area contributed by atoms with Crippen molar-refractivity contribution >= 4 is 17.9 Å². The van der Waals surface area contributed by atoms with Crippen molar-refractivity contribution in [3.63, 3.8) is 0 Å². The Bertz CT molecular complexity index is 610. The first-order valence-electron chi connectivity index (χ1n) is 7.88. The molecule has 1 aromatic rings. The predicted octanol–water partition coefficient (Wildman–Crippen LogP) is 2.18. The van der Waals surface area contributed by atoms with E-state index in [9.17, 15) is 14.7 Å². The maximum atomic E-state index is 12.5. The van der Waals surface area contributed by atoms with Crippen LogP contribution in [0.3, 0.4) is 0 Å². The molecule has 124 valence electrons. The number of benzene rings is 1. The summed E-state index contributed by atoms with van der Waals surface area (Å²) in [4.78, 5) is 27.6. The molecule has 1 heterocycles. The fraction of sp³-hybridized carbons (Fsp3) is 0.444. The van der Waals surface area contributed by atoms with Crippen molar-refractivity contribution in [2.24, 2.45) is 0 Å². The molecule has 0 aromatic heterocycles. The average Bonchev–Trinajstić information content (AvgIpc) is 2.52. The van der Waals surface area contributed by atoms with Gasteiger partial charge in [0, 0.05) is 26.7 Å². The molecule has 1 aliphatic rings. The van der Waals surface area contributed by atoms with Crippen molar-refractivity contribution in [3.05, 3.63) is 41.6 Å². The number of carbonyl (C=O) groups excluding carboxylic acids is 2. The summed E-state index contributed by atoms with van der Waals surface area (Å²) in [6.45, 7) is 3.71. The molecule has 0 saturated heterocycles. The van der Waals surface area contributed by atoms with Crippen LogP contribution in [0, 0.1) is 0 Å². The van der Waals surface area contributed by atoms with Crippen LogP contribution in [0.15, 0.2) is 30.5 Å². The summed E-state index contributed by atoms with van der Waals surface area (Å²) in [5.41, 5.74) is 2.02. The van der Waals surface area contributed by atoms with Crippen molar-refractivity contribution in [2.75, 3.05) is 13.6 Å². The SMILES string of the molecule is CC(=O)N1C=Cc2ccccc2C1CC(=O)N(C)CCC(C)O. The van der Waals surface area contributed by atoms with Crippen LogP contribution < -0.4 is 0 Å². The lowest BCUT2D eigenvalue weighted by atomic mass is 9.93. The Labute approximate surface area is 137 Å². The van der Waals surface area contributed by atoms with E-state index in [0.717, 1.165) is 11.1 Å². The highest BCUT2D eigenvalue weighted by Gasteiger charge is 2.29. The Kier molecular flexibility index (Phi) is 5.55. The largest absolute Gasteiger partial charge is 0.393 e. The van der Waals surface area contributed by atoms with Crippen LogP contribution >= 0.6 is 0 Å². The van der Waals surface area contributed by atoms with Crippen LogP contribution in [0.25, 0.3) is 6.08 Å². The van der Waals surface area contributed by atoms with Crippen molar-refractivity contribution < 1.29 is 14.7 Å². The number of aliphatic hydroxyl groups is 1. The standard InChI is InChI=1S/C18H24N2O3/c1-13(21)8-10-19(3)18(23)12-17-16-7-5-4-6-15(16)9-11-20(17)14(2)22/h4-7,9,11,13,17,21H,8,10,12H2,1-3H3. The minimum absolute atomic E-state index is 0.0352. The average molecular weight is 316 g/mol. The van der Waals surface area contributed by atoms with Gasteiger partial charge in [-0.3, -0.25) is 9.59 Å². The molecule has 0 radical (unpaired) electrons. The van der Waals surface area contributed by atoms with Gasteiger partial charge in [0.25, 0.3) is 0 Å². The number of carbonyl (C=O) groups is 2. The summed E-state index contributed by atoms with van der Waals surface area (Å²) in [7, 11) is 1.73. The maximum absolute atomic E-state index is 12.5. The zero-order valence-electron chi connectivity index (χ0n) is 13.9. The molecule has 23 heavy (non-hydrogen) atoms. The van der Waals surface area contributed by atoms with E-state index in [0.29, 0.717) is 13.0 Å². The minimum atomic E-state index is -0.433. The number of nitrogens with zero attached hydrogens (tertiary/aromatic N) is 2. The number of amides is 2. The first kappa shape index (κ1) is 17.2. The van der Waals surface area contributed by atoms with E-state index in [4.69, 9.17) is 0 Å². The predicted molar refractivity (Wildman–Crippen MR) is 89.3 cm³/mol. The van der Waals surface area contributed by atoms with Gasteiger partial charge >= 0.3 is 0 Å². The molecule has 2 amide bonds. The number of fused-ring (bicyclic) bond motifs is 1. The monoisotopic (exact) mass is 316 g/mol. The topological polar surface area (TPSA) is 60.9 Å². The van der Waals surface area contributed by atoms with Crippen LogP contribution in [-0.2, 0) is 9.59 Å². The summed E-state index contributed by atoms with van der Waals surface area (Å²) in [6.07, 6.45) is 3.99. The maximum Gasteiger partial charge on any atom is 0.224 e. The summed E-state index contributed by atoms with van der Waals surface area (Å²) >= 11 is 0. The third kappa shape index (κ3) is 4.20. The number of hydrogen-bond donors (Lipinski definition) is 1. The zero-order valence-corrected chi connectivity index (χ0v) is 13.9. The quantitative estimate of drug-likeness (QED) is 0.906. The van der Waals surface area contributed by atoms with Gasteiger partial charge in [-0.15, -0.1) is 0 Å². The molecule has 0 bridgehead atoms. The molecule has 2 rings (SSSR count). The van der Waals surface area contributed by atoms with E-state index in [2.05, 4.69) is 0 Å². The van der Waals surface area contributed by atoms with Gasteiger partial charge < -0.3 is 14.9 Å². The van der Waals surface area contributed by atoms with E-state index >= 15 is 0 Å². The Morgan fingerprint density at radius 3 is 2.70 bits per heavy atom. The number of hydrogen-bond acceptors (Lipinski definition) is 3. The fourth-order valence-corrected chi connectivity index (χ4v) is 2.74. The summed E-state index contributed by atoms with van der Waals surface area (Å²) in [6, 6.07) is 7.53. The van der Waals surface area contributed by atoms with Gasteiger partial charge in [-0.2, -0.15) is 0 Å². The molecule has 2 atom stereocenters. The molecule has 0 spiro atoms. The van der Waals surface area contributed by atoms with E-state index in [-0.39, 0.29) is 24.3 Å². The molecular weight excluding hydrogens is 292 g/mol. The highest BCUT2D eigenvalue weighted by molar-refractivity contribution is 5.81. The summed E-state index contributed by atoms with van der Waals surface area (Å²) < 4.78 is 0. The first-order chi connectivity index (χ1) is 10.9. The number of rotatable bonds is 5. The van der Waals surface area contributed by atoms with E-state index in [1.165, 1.54) is 6.92 Å². The molecule has 0 fully saturated rings. The third-order valence-corrected chi connectivity index (χ3v) is 4.15. The Balaban J connectivity index is 2.16. The molecule has 2 unspecified atom stereocenters. The highest BCUT2D eigenvalue weighted by atomic mass is 16.3. The van der Waals surface area contributed by atoms with Crippen molar-refractivity contribution in [1.29, 1.82) is 0 Å². The van der Waals surface area contributed by atoms with Crippen LogP contribution in [0.2, 0.25) is 0 Å². The van der Waals surface area contributed by atoms with Gasteiger partial charge in [0.15, 0.2) is 0 Å². The molecule has 1 N–H and O–H groups in total. The van der Waals surface area contributed by atoms with E-state index in [1.807, 2.05) is 30.3 Å². The van der Waals surface area contributed by atoms with Crippen LogP contribution in [0.5, 0.6) is 0 Å². The van der Waals surface area contributed by atoms with Crippen molar-refractivity contribution in [1.82, 2.24) is 9.80 Å². The van der Waals surface area contributed by atoms with Crippen molar-refractivity contribution in [2.45, 2.75) is 38.8 Å². The molecule has 1 aliphatic heterocycles. The second kappa shape index (κ2) is 7.42. The van der Waals surface area contributed by atoms with Gasteiger partial charge in [-0.25, -0.2) is 0 Å². The molecule has 0 aliphatic carbocycles. The van der Waals surface area contributed by atoms with Crippen LogP contribution in [-0.4, -0.2) is 46.4 Å². The molecule has 5 heteroatoms. The van der Waals surface area contributed by atoms with Gasteiger partial charge in [0.1, 0.15) is 0 Å². The molecule has 0 saturated carbocycles. The third-order valence-electron chi connectivity index (χ3n) is 4.15. The van der Waals surface area contributed by atoms with E-state index < -0.39 is 6.10 Å². The van der Waals surface area contributed by atoms with Crippen molar-refractivity contribution in [3.8, 4) is 0 Å². The molecular formula is C18H24N2O3. The van der Waals surface area contributed by atoms with Gasteiger partial charge in [0.05, 0.1) is 18.6 Å². The normalized spacial score (nSPS) is 17.6. The minimum Gasteiger partial charge on any atom is -0.393 e. The van der Waals surface area contributed by atoms with Crippen LogP contribution in [0.4, 0.5) is 0 Å². The molecule has 5 nitrogen and oxygen atoms in total. The zero-order chi connectivity index (χ0) is 17.0. The summed E-state index contributed by atoms with van der Waals surface area (Å²) in [5, 5.41) is 9.35. The smallest absolute Gasteiger partial charge is 0.224 e. The lowest BCUT2D eigenvalue weighted by Gasteiger charge is -2.33. The summed E-state index contributed by atoms with van der Waals surface area (Å²) in [5.74, 6) is -0.118. The Morgan fingerprint density at radius 1 is 1.35 bits per heavy atom. The lowest BCUT2D eigenvalue weighted by molar-refractivity contribution is -0.133. The van der Waals surface area contributed by atoms with Gasteiger partial charge in [0.2, 0.25) is 11.8 Å². The fourth-order valence-electron chi connectivity index (χ4n) is 2.74. The van der Waals surface area contributed by atoms with E-state index in [1.54, 1.807) is 30.0 Å². The van der Waals surface area contributed by atoms with Gasteiger partial charge in [-0.05, 0) is 30.5 Å². The lowest BCUT2D eigenvalue weighted by Crippen LogP contribution is -2.36. The highest BCUT2D eigenvalue weighted by Crippen LogP contribution is 2.33. The Hall–Kier alpha value is -2.14. The molecule has 1 aromatic carbocycles. The van der Waals surface area contributed by atoms with Gasteiger partial charge in [-0.1, -0.05) is 24.3 Å². The Morgan fingerprint density at radius 2 is 2.04 bits per heavy atom. The second-order valence-corrected chi connectivity index (χ2v) is 6.04.